The van der Waals surface area contributed by atoms with E-state index in [1.807, 2.05) is 26.8 Å². The van der Waals surface area contributed by atoms with Crippen molar-refractivity contribution in [2.75, 3.05) is 6.54 Å². The molecule has 0 spiro atoms. The van der Waals surface area contributed by atoms with Gasteiger partial charge in [0.2, 0.25) is 0 Å². The van der Waals surface area contributed by atoms with Crippen LogP contribution in [0.25, 0.3) is 0 Å². The summed E-state index contributed by atoms with van der Waals surface area (Å²) in [5, 5.41) is 6.30. The maximum atomic E-state index is 13.3. The van der Waals surface area contributed by atoms with Crippen LogP contribution in [-0.4, -0.2) is 24.3 Å². The molecule has 0 aliphatic heterocycles. The van der Waals surface area contributed by atoms with Gasteiger partial charge in [-0.3, -0.25) is 0 Å². The molecule has 1 aromatic carbocycles. The Bertz CT molecular complexity index is 550. The molecule has 0 radical (unpaired) electrons. The summed E-state index contributed by atoms with van der Waals surface area (Å²) in [4.78, 5) is 11.9. The van der Waals surface area contributed by atoms with E-state index in [1.165, 1.54) is 6.07 Å². The number of rotatable bonds is 6. The van der Waals surface area contributed by atoms with Gasteiger partial charge >= 0.3 is 6.09 Å². The summed E-state index contributed by atoms with van der Waals surface area (Å²) in [5.41, 5.74) is 1.20. The average molecular weight is 322 g/mol. The molecule has 0 saturated heterocycles. The van der Waals surface area contributed by atoms with Crippen molar-refractivity contribution >= 4 is 6.09 Å². The van der Waals surface area contributed by atoms with Crippen molar-refractivity contribution in [3.05, 3.63) is 35.1 Å². The van der Waals surface area contributed by atoms with Gasteiger partial charge in [-0.1, -0.05) is 12.1 Å². The van der Waals surface area contributed by atoms with Gasteiger partial charge in [0.05, 0.1) is 0 Å². The number of amides is 1. The number of benzene rings is 1. The minimum atomic E-state index is -0.489. The highest BCUT2D eigenvalue weighted by molar-refractivity contribution is 5.68. The topological polar surface area (TPSA) is 50.4 Å². The Labute approximate surface area is 137 Å². The molecule has 0 aromatic heterocycles. The molecule has 23 heavy (non-hydrogen) atoms. The first-order valence-electron chi connectivity index (χ1n) is 8.20. The van der Waals surface area contributed by atoms with Gasteiger partial charge in [-0.25, -0.2) is 9.18 Å². The molecule has 1 unspecified atom stereocenters. The van der Waals surface area contributed by atoms with Gasteiger partial charge in [0.25, 0.3) is 0 Å². The maximum absolute atomic E-state index is 13.3. The molecular formula is C18H27FN2O2. The van der Waals surface area contributed by atoms with Gasteiger partial charge < -0.3 is 15.4 Å². The van der Waals surface area contributed by atoms with Crippen molar-refractivity contribution in [1.82, 2.24) is 10.6 Å². The van der Waals surface area contributed by atoms with Gasteiger partial charge in [-0.05, 0) is 63.6 Å². The lowest BCUT2D eigenvalue weighted by molar-refractivity contribution is 0.0497. The molecule has 1 fully saturated rings. The number of halogens is 1. The summed E-state index contributed by atoms with van der Waals surface area (Å²) in [7, 11) is 0. The van der Waals surface area contributed by atoms with E-state index in [4.69, 9.17) is 4.74 Å². The first-order valence-corrected chi connectivity index (χ1v) is 8.20. The smallest absolute Gasteiger partial charge is 0.407 e. The van der Waals surface area contributed by atoms with Gasteiger partial charge in [-0.2, -0.15) is 0 Å². The first-order chi connectivity index (χ1) is 10.7. The Hall–Kier alpha value is -1.62. The number of hydrogen-bond donors (Lipinski definition) is 2. The third-order valence-electron chi connectivity index (χ3n) is 3.81. The summed E-state index contributed by atoms with van der Waals surface area (Å²) in [5.74, 6) is 0.334. The fraction of sp³-hybridized carbons (Fsp3) is 0.611. The van der Waals surface area contributed by atoms with Crippen molar-refractivity contribution in [3.8, 4) is 0 Å². The molecule has 0 heterocycles. The molecule has 128 valence electrons. The Morgan fingerprint density at radius 3 is 2.65 bits per heavy atom. The largest absolute Gasteiger partial charge is 0.444 e. The Morgan fingerprint density at radius 2 is 2.09 bits per heavy atom. The third kappa shape index (κ3) is 6.18. The molecule has 2 rings (SSSR count). The molecule has 5 heteroatoms. The predicted octanol–water partition coefficient (Wildman–Crippen LogP) is 3.53. The molecule has 1 aliphatic carbocycles. The second-order valence-electron chi connectivity index (χ2n) is 7.30. The molecule has 0 bridgehead atoms. The van der Waals surface area contributed by atoms with Crippen LogP contribution in [-0.2, 0) is 11.3 Å². The molecule has 1 aromatic rings. The van der Waals surface area contributed by atoms with Crippen LogP contribution in [0.15, 0.2) is 18.2 Å². The average Bonchev–Trinajstić information content (AvgIpc) is 3.24. The zero-order chi connectivity index (χ0) is 17.0. The SMILES string of the molecule is Cc1cc(CNCC(NC(=O)OC(C)(C)C)C2CC2)ccc1F. The Morgan fingerprint density at radius 1 is 1.39 bits per heavy atom. The fourth-order valence-corrected chi connectivity index (χ4v) is 2.48. The van der Waals surface area contributed by atoms with Crippen LogP contribution in [0.5, 0.6) is 0 Å². The summed E-state index contributed by atoms with van der Waals surface area (Å²) in [6.07, 6.45) is 1.91. The van der Waals surface area contributed by atoms with Crippen LogP contribution in [0.1, 0.15) is 44.7 Å². The van der Waals surface area contributed by atoms with E-state index >= 15 is 0 Å². The number of hydrogen-bond acceptors (Lipinski definition) is 3. The van der Waals surface area contributed by atoms with Crippen molar-refractivity contribution < 1.29 is 13.9 Å². The number of carbonyl (C=O) groups is 1. The van der Waals surface area contributed by atoms with Gasteiger partial charge in [-0.15, -0.1) is 0 Å². The molecular weight excluding hydrogens is 295 g/mol. The highest BCUT2D eigenvalue weighted by Gasteiger charge is 2.33. The van der Waals surface area contributed by atoms with E-state index in [-0.39, 0.29) is 18.0 Å². The van der Waals surface area contributed by atoms with E-state index in [2.05, 4.69) is 10.6 Å². The third-order valence-corrected chi connectivity index (χ3v) is 3.81. The zero-order valence-electron chi connectivity index (χ0n) is 14.4. The first kappa shape index (κ1) is 17.7. The Kier molecular flexibility index (Phi) is 5.63. The van der Waals surface area contributed by atoms with Crippen molar-refractivity contribution in [3.63, 3.8) is 0 Å². The summed E-state index contributed by atoms with van der Waals surface area (Å²) >= 11 is 0. The number of nitrogens with one attached hydrogen (secondary N) is 2. The summed E-state index contributed by atoms with van der Waals surface area (Å²) < 4.78 is 18.6. The van der Waals surface area contributed by atoms with Crippen molar-refractivity contribution in [2.24, 2.45) is 5.92 Å². The number of carbonyl (C=O) groups excluding carboxylic acids is 1. The summed E-state index contributed by atoms with van der Waals surface area (Å²) in [6.45, 7) is 8.66. The van der Waals surface area contributed by atoms with E-state index in [0.29, 0.717) is 24.6 Å². The molecule has 1 saturated carbocycles. The van der Waals surface area contributed by atoms with E-state index in [9.17, 15) is 9.18 Å². The van der Waals surface area contributed by atoms with Crippen LogP contribution >= 0.6 is 0 Å². The lowest BCUT2D eigenvalue weighted by atomic mass is 10.1. The molecule has 1 aliphatic rings. The van der Waals surface area contributed by atoms with Gasteiger partial charge in [0.15, 0.2) is 0 Å². The van der Waals surface area contributed by atoms with Crippen LogP contribution in [0.4, 0.5) is 9.18 Å². The highest BCUT2D eigenvalue weighted by Crippen LogP contribution is 2.32. The predicted molar refractivity (Wildman–Crippen MR) is 88.7 cm³/mol. The quantitative estimate of drug-likeness (QED) is 0.842. The lowest BCUT2D eigenvalue weighted by Crippen LogP contribution is -2.45. The lowest BCUT2D eigenvalue weighted by Gasteiger charge is -2.24. The second kappa shape index (κ2) is 7.30. The van der Waals surface area contributed by atoms with E-state index in [0.717, 1.165) is 18.4 Å². The molecule has 1 amide bonds. The Balaban J connectivity index is 1.81. The molecule has 1 atom stereocenters. The van der Waals surface area contributed by atoms with Crippen molar-refractivity contribution in [1.29, 1.82) is 0 Å². The number of aryl methyl sites for hydroxylation is 1. The fourth-order valence-electron chi connectivity index (χ4n) is 2.48. The maximum Gasteiger partial charge on any atom is 0.407 e. The summed E-state index contributed by atoms with van der Waals surface area (Å²) in [6, 6.07) is 5.19. The van der Waals surface area contributed by atoms with E-state index < -0.39 is 5.60 Å². The minimum Gasteiger partial charge on any atom is -0.444 e. The monoisotopic (exact) mass is 322 g/mol. The highest BCUT2D eigenvalue weighted by atomic mass is 19.1. The molecule has 4 nitrogen and oxygen atoms in total. The minimum absolute atomic E-state index is 0.0754. The normalized spacial score (nSPS) is 16.0. The number of ether oxygens (including phenoxy) is 1. The second-order valence-corrected chi connectivity index (χ2v) is 7.30. The molecule has 2 N–H and O–H groups in total. The van der Waals surface area contributed by atoms with Crippen LogP contribution in [0.3, 0.4) is 0 Å². The van der Waals surface area contributed by atoms with Gasteiger partial charge in [0, 0.05) is 19.1 Å². The number of alkyl carbamates (subject to hydrolysis) is 1. The standard InChI is InChI=1S/C18H27FN2O2/c1-12-9-13(5-8-15(12)19)10-20-11-16(14-6-7-14)21-17(22)23-18(2,3)4/h5,8-9,14,16,20H,6-7,10-11H2,1-4H3,(H,21,22). The van der Waals surface area contributed by atoms with E-state index in [1.54, 1.807) is 13.0 Å². The van der Waals surface area contributed by atoms with Crippen LogP contribution in [0.2, 0.25) is 0 Å². The zero-order valence-corrected chi connectivity index (χ0v) is 14.4. The van der Waals surface area contributed by atoms with Crippen LogP contribution in [0, 0.1) is 18.7 Å². The van der Waals surface area contributed by atoms with Crippen molar-refractivity contribution in [2.45, 2.75) is 58.7 Å². The van der Waals surface area contributed by atoms with Crippen LogP contribution < -0.4 is 10.6 Å². The van der Waals surface area contributed by atoms with Gasteiger partial charge in [0.1, 0.15) is 11.4 Å².